The van der Waals surface area contributed by atoms with Crippen molar-refractivity contribution in [3.8, 4) is 0 Å². The summed E-state index contributed by atoms with van der Waals surface area (Å²) in [6, 6.07) is 0. The van der Waals surface area contributed by atoms with Gasteiger partial charge in [-0.25, -0.2) is 4.98 Å². The van der Waals surface area contributed by atoms with E-state index in [9.17, 15) is 0 Å². The molecule has 0 saturated heterocycles. The Morgan fingerprint density at radius 3 is 1.83 bits per heavy atom. The molecule has 2 nitrogen and oxygen atoms in total. The Morgan fingerprint density at radius 2 is 1.39 bits per heavy atom. The van der Waals surface area contributed by atoms with Crippen LogP contribution in [0.4, 0.5) is 0 Å². The van der Waals surface area contributed by atoms with Crippen LogP contribution in [0.2, 0.25) is 0 Å². The van der Waals surface area contributed by atoms with Crippen molar-refractivity contribution in [3.05, 3.63) is 18.2 Å². The Labute approximate surface area is 112 Å². The summed E-state index contributed by atoms with van der Waals surface area (Å²) in [5, 5.41) is 0. The van der Waals surface area contributed by atoms with E-state index < -0.39 is 0 Å². The SMILES string of the molecule is CC1(c2ncc[nH]2)CCCCCCCCCCC1. The fourth-order valence-corrected chi connectivity index (χ4v) is 3.22. The lowest BCUT2D eigenvalue weighted by Gasteiger charge is -2.28. The third-order valence-electron chi connectivity index (χ3n) is 4.53. The maximum atomic E-state index is 4.52. The van der Waals surface area contributed by atoms with Crippen LogP contribution in [0.5, 0.6) is 0 Å². The molecule has 2 rings (SSSR count). The standard InChI is InChI=1S/C16H28N2/c1-16(15-17-13-14-18-15)11-9-7-5-3-2-4-6-8-10-12-16/h13-14H,2-12H2,1H3,(H,17,18). The second-order valence-corrected chi connectivity index (χ2v) is 6.18. The molecular weight excluding hydrogens is 220 g/mol. The fraction of sp³-hybridized carbons (Fsp3) is 0.812. The van der Waals surface area contributed by atoms with Gasteiger partial charge in [-0.1, -0.05) is 64.7 Å². The number of nitrogens with zero attached hydrogens (tertiary/aromatic N) is 1. The molecule has 0 radical (unpaired) electrons. The molecule has 1 aliphatic rings. The van der Waals surface area contributed by atoms with Gasteiger partial charge in [-0.3, -0.25) is 0 Å². The van der Waals surface area contributed by atoms with E-state index in [0.29, 0.717) is 0 Å². The molecule has 1 N–H and O–H groups in total. The van der Waals surface area contributed by atoms with Gasteiger partial charge in [0.2, 0.25) is 0 Å². The zero-order chi connectivity index (χ0) is 12.7. The first-order valence-corrected chi connectivity index (χ1v) is 7.81. The topological polar surface area (TPSA) is 28.7 Å². The van der Waals surface area contributed by atoms with Gasteiger partial charge in [0, 0.05) is 17.8 Å². The van der Waals surface area contributed by atoms with Crippen molar-refractivity contribution in [1.82, 2.24) is 9.97 Å². The van der Waals surface area contributed by atoms with E-state index in [4.69, 9.17) is 0 Å². The molecule has 1 heterocycles. The van der Waals surface area contributed by atoms with Gasteiger partial charge >= 0.3 is 0 Å². The lowest BCUT2D eigenvalue weighted by molar-refractivity contribution is 0.342. The van der Waals surface area contributed by atoms with Crippen LogP contribution in [0.1, 0.15) is 83.4 Å². The molecule has 2 heteroatoms. The molecule has 1 aromatic rings. The Bertz CT molecular complexity index is 304. The molecule has 1 aromatic heterocycles. The number of hydrogen-bond acceptors (Lipinski definition) is 1. The van der Waals surface area contributed by atoms with E-state index in [-0.39, 0.29) is 5.41 Å². The van der Waals surface area contributed by atoms with Crippen LogP contribution >= 0.6 is 0 Å². The Kier molecular flexibility index (Phi) is 5.27. The molecule has 0 amide bonds. The summed E-state index contributed by atoms with van der Waals surface area (Å²) in [5.41, 5.74) is 0.280. The number of aromatic nitrogens is 2. The molecule has 1 saturated carbocycles. The van der Waals surface area contributed by atoms with E-state index >= 15 is 0 Å². The zero-order valence-corrected chi connectivity index (χ0v) is 11.9. The van der Waals surface area contributed by atoms with E-state index in [1.165, 1.54) is 76.5 Å². The Hall–Kier alpha value is -0.790. The number of hydrogen-bond donors (Lipinski definition) is 1. The van der Waals surface area contributed by atoms with E-state index in [0.717, 1.165) is 0 Å². The highest BCUT2D eigenvalue weighted by Gasteiger charge is 2.28. The first-order valence-electron chi connectivity index (χ1n) is 7.81. The second-order valence-electron chi connectivity index (χ2n) is 6.18. The van der Waals surface area contributed by atoms with E-state index in [1.54, 1.807) is 0 Å². The largest absolute Gasteiger partial charge is 0.348 e. The molecule has 0 aromatic carbocycles. The first kappa shape index (κ1) is 13.6. The molecule has 0 atom stereocenters. The van der Waals surface area contributed by atoms with Gasteiger partial charge < -0.3 is 4.98 Å². The highest BCUT2D eigenvalue weighted by atomic mass is 14.9. The van der Waals surface area contributed by atoms with Crippen molar-refractivity contribution in [2.75, 3.05) is 0 Å². The van der Waals surface area contributed by atoms with Crippen LogP contribution in [-0.2, 0) is 5.41 Å². The van der Waals surface area contributed by atoms with Crippen LogP contribution in [0.15, 0.2) is 12.4 Å². The monoisotopic (exact) mass is 248 g/mol. The van der Waals surface area contributed by atoms with Gasteiger partial charge in [0.1, 0.15) is 5.82 Å². The van der Waals surface area contributed by atoms with Gasteiger partial charge in [0.25, 0.3) is 0 Å². The van der Waals surface area contributed by atoms with Gasteiger partial charge in [0.05, 0.1) is 0 Å². The number of aromatic amines is 1. The van der Waals surface area contributed by atoms with Crippen LogP contribution in [0, 0.1) is 0 Å². The smallest absolute Gasteiger partial charge is 0.111 e. The second kappa shape index (κ2) is 6.96. The summed E-state index contributed by atoms with van der Waals surface area (Å²) in [7, 11) is 0. The van der Waals surface area contributed by atoms with Crippen molar-refractivity contribution < 1.29 is 0 Å². The maximum absolute atomic E-state index is 4.52. The third kappa shape index (κ3) is 3.86. The van der Waals surface area contributed by atoms with Crippen molar-refractivity contribution in [3.63, 3.8) is 0 Å². The molecule has 0 bridgehead atoms. The van der Waals surface area contributed by atoms with Crippen LogP contribution in [-0.4, -0.2) is 9.97 Å². The minimum absolute atomic E-state index is 0.280. The van der Waals surface area contributed by atoms with Crippen LogP contribution < -0.4 is 0 Å². The van der Waals surface area contributed by atoms with Crippen molar-refractivity contribution in [1.29, 1.82) is 0 Å². The zero-order valence-electron chi connectivity index (χ0n) is 11.9. The maximum Gasteiger partial charge on any atom is 0.111 e. The van der Waals surface area contributed by atoms with Crippen molar-refractivity contribution in [2.24, 2.45) is 0 Å². The lowest BCUT2D eigenvalue weighted by atomic mass is 9.78. The summed E-state index contributed by atoms with van der Waals surface area (Å²) in [6.45, 7) is 2.40. The minimum atomic E-state index is 0.280. The highest BCUT2D eigenvalue weighted by Crippen LogP contribution is 2.33. The lowest BCUT2D eigenvalue weighted by Crippen LogP contribution is -2.24. The van der Waals surface area contributed by atoms with Gasteiger partial charge in [0.15, 0.2) is 0 Å². The summed E-state index contributed by atoms with van der Waals surface area (Å²) in [6.07, 6.45) is 19.2. The fourth-order valence-electron chi connectivity index (χ4n) is 3.22. The van der Waals surface area contributed by atoms with Crippen LogP contribution in [0.25, 0.3) is 0 Å². The molecule has 102 valence electrons. The predicted octanol–water partition coefficient (Wildman–Crippen LogP) is 4.97. The quantitative estimate of drug-likeness (QED) is 0.746. The molecule has 18 heavy (non-hydrogen) atoms. The normalized spacial score (nSPS) is 22.9. The van der Waals surface area contributed by atoms with Gasteiger partial charge in [-0.05, 0) is 12.8 Å². The minimum Gasteiger partial charge on any atom is -0.348 e. The molecular formula is C16H28N2. The number of rotatable bonds is 1. The number of nitrogens with one attached hydrogen (secondary N) is 1. The van der Waals surface area contributed by atoms with Crippen LogP contribution in [0.3, 0.4) is 0 Å². The Balaban J connectivity index is 1.96. The summed E-state index contributed by atoms with van der Waals surface area (Å²) in [5.74, 6) is 1.21. The predicted molar refractivity (Wildman–Crippen MR) is 76.7 cm³/mol. The van der Waals surface area contributed by atoms with E-state index in [2.05, 4.69) is 16.9 Å². The molecule has 0 unspecified atom stereocenters. The Morgan fingerprint density at radius 1 is 0.889 bits per heavy atom. The summed E-state index contributed by atoms with van der Waals surface area (Å²) >= 11 is 0. The average molecular weight is 248 g/mol. The van der Waals surface area contributed by atoms with E-state index in [1.807, 2.05) is 12.4 Å². The molecule has 0 aliphatic heterocycles. The summed E-state index contributed by atoms with van der Waals surface area (Å²) < 4.78 is 0. The third-order valence-corrected chi connectivity index (χ3v) is 4.53. The first-order chi connectivity index (χ1) is 8.81. The van der Waals surface area contributed by atoms with Crippen molar-refractivity contribution in [2.45, 2.75) is 83.0 Å². The van der Waals surface area contributed by atoms with Gasteiger partial charge in [-0.15, -0.1) is 0 Å². The van der Waals surface area contributed by atoms with Gasteiger partial charge in [-0.2, -0.15) is 0 Å². The average Bonchev–Trinajstić information content (AvgIpc) is 2.88. The molecule has 0 spiro atoms. The van der Waals surface area contributed by atoms with Crippen molar-refractivity contribution >= 4 is 0 Å². The summed E-state index contributed by atoms with van der Waals surface area (Å²) in [4.78, 5) is 7.87. The number of imidazole rings is 1. The number of H-pyrrole nitrogens is 1. The molecule has 1 aliphatic carbocycles. The highest BCUT2D eigenvalue weighted by molar-refractivity contribution is 5.06. The molecule has 1 fully saturated rings.